The first-order valence-corrected chi connectivity index (χ1v) is 19.0. The van der Waals surface area contributed by atoms with Gasteiger partial charge >= 0.3 is 0 Å². The molecule has 0 atom stereocenters. The Hall–Kier alpha value is -7.57. The van der Waals surface area contributed by atoms with Gasteiger partial charge in [-0.05, 0) is 78.6 Å². The van der Waals surface area contributed by atoms with Gasteiger partial charge in [-0.25, -0.2) is 15.0 Å². The normalized spacial score (nSPS) is 12.1. The molecule has 4 aromatic heterocycles. The molecule has 270 valence electrons. The highest BCUT2D eigenvalue weighted by Crippen LogP contribution is 2.43. The van der Waals surface area contributed by atoms with E-state index in [1.54, 1.807) is 0 Å². The molecule has 0 N–H and O–H groups in total. The van der Waals surface area contributed by atoms with E-state index in [1.165, 1.54) is 0 Å². The molecular weight excluding hydrogens is 703 g/mol. The summed E-state index contributed by atoms with van der Waals surface area (Å²) in [6, 6.07) is 53.4. The van der Waals surface area contributed by atoms with Crippen molar-refractivity contribution in [2.75, 3.05) is 0 Å². The molecule has 0 fully saturated rings. The topological polar surface area (TPSA) is 78.1 Å². The van der Waals surface area contributed by atoms with Gasteiger partial charge in [-0.15, -0.1) is 0 Å². The Bertz CT molecular complexity index is 3370. The fraction of sp³-hybridized carbons (Fsp3) is 0.0392. The second-order valence-electron chi connectivity index (χ2n) is 14.4. The Kier molecular flexibility index (Phi) is 7.51. The van der Waals surface area contributed by atoms with E-state index in [-0.39, 0.29) is 0 Å². The number of aromatic nitrogens is 3. The molecule has 57 heavy (non-hydrogen) atoms. The van der Waals surface area contributed by atoms with Crippen LogP contribution in [0.3, 0.4) is 0 Å². The minimum Gasteiger partial charge on any atom is -0.461 e. The van der Waals surface area contributed by atoms with E-state index in [4.69, 9.17) is 28.2 Å². The van der Waals surface area contributed by atoms with Crippen LogP contribution in [0.25, 0.3) is 112 Å². The van der Waals surface area contributed by atoms with Crippen molar-refractivity contribution >= 4 is 66.5 Å². The number of benzene rings is 7. The summed E-state index contributed by atoms with van der Waals surface area (Å²) in [6.07, 6.45) is 2.24. The van der Waals surface area contributed by atoms with Crippen LogP contribution in [0, 0.1) is 6.92 Å². The van der Waals surface area contributed by atoms with Gasteiger partial charge in [0.05, 0.1) is 0 Å². The molecule has 0 spiro atoms. The Morgan fingerprint density at radius 3 is 1.82 bits per heavy atom. The lowest BCUT2D eigenvalue weighted by molar-refractivity contribution is 0.577. The van der Waals surface area contributed by atoms with Crippen molar-refractivity contribution in [3.8, 4) is 45.3 Å². The Balaban J connectivity index is 1.13. The van der Waals surface area contributed by atoms with E-state index in [1.807, 2.05) is 91.9 Å². The molecule has 11 aromatic rings. The van der Waals surface area contributed by atoms with Crippen molar-refractivity contribution in [1.82, 2.24) is 15.0 Å². The summed E-state index contributed by atoms with van der Waals surface area (Å²) in [5.41, 5.74) is 12.1. The van der Waals surface area contributed by atoms with Crippen molar-refractivity contribution in [1.29, 1.82) is 0 Å². The average molecular weight is 736 g/mol. The summed E-state index contributed by atoms with van der Waals surface area (Å²) in [5.74, 6) is 2.49. The van der Waals surface area contributed by atoms with E-state index < -0.39 is 0 Å². The molecule has 0 aliphatic rings. The Morgan fingerprint density at radius 1 is 0.439 bits per heavy atom. The summed E-state index contributed by atoms with van der Waals surface area (Å²) in [6.45, 7) is 4.19. The van der Waals surface area contributed by atoms with Crippen LogP contribution >= 0.6 is 0 Å². The van der Waals surface area contributed by atoms with Gasteiger partial charge in [-0.1, -0.05) is 121 Å². The second kappa shape index (κ2) is 13.0. The maximum atomic E-state index is 6.52. The van der Waals surface area contributed by atoms with Gasteiger partial charge in [-0.3, -0.25) is 0 Å². The lowest BCUT2D eigenvalue weighted by Crippen LogP contribution is -2.00. The van der Waals surface area contributed by atoms with Gasteiger partial charge in [-0.2, -0.15) is 0 Å². The third-order valence-corrected chi connectivity index (χ3v) is 10.9. The quantitative estimate of drug-likeness (QED) is 0.169. The van der Waals surface area contributed by atoms with Crippen molar-refractivity contribution in [2.24, 2.45) is 0 Å². The molecule has 0 aliphatic carbocycles. The van der Waals surface area contributed by atoms with E-state index in [9.17, 15) is 0 Å². The van der Waals surface area contributed by atoms with Gasteiger partial charge in [0.15, 0.2) is 17.5 Å². The van der Waals surface area contributed by atoms with Crippen molar-refractivity contribution in [3.63, 3.8) is 0 Å². The lowest BCUT2D eigenvalue weighted by atomic mass is 9.90. The monoisotopic (exact) mass is 735 g/mol. The third kappa shape index (κ3) is 5.45. The highest BCUT2D eigenvalue weighted by molar-refractivity contribution is 6.15. The molecule has 11 rings (SSSR count). The standard InChI is InChI=1S/C51H33N3O3/c1-30(46-35(32-14-5-3-6-15-32)26-27-44-48(46)38-19-10-12-22-42(38)56-44)28-40-31(2)55-43-23-13-20-39(47(40)43)51-53-49(33-16-7-4-8-17-33)52-50(54-51)34-24-25-37-36-18-9-11-21-41(36)57-45(37)29-34/h3-29H,1-2H3/b30-28+. The maximum absolute atomic E-state index is 6.52. The molecular formula is C51H33N3O3. The number of aryl methyl sites for hydroxylation is 1. The van der Waals surface area contributed by atoms with Crippen LogP contribution < -0.4 is 0 Å². The highest BCUT2D eigenvalue weighted by Gasteiger charge is 2.22. The van der Waals surface area contributed by atoms with E-state index in [2.05, 4.69) is 85.8 Å². The maximum Gasteiger partial charge on any atom is 0.164 e. The van der Waals surface area contributed by atoms with E-state index in [0.29, 0.717) is 17.5 Å². The smallest absolute Gasteiger partial charge is 0.164 e. The number of hydrogen-bond donors (Lipinski definition) is 0. The zero-order valence-corrected chi connectivity index (χ0v) is 31.2. The second-order valence-corrected chi connectivity index (χ2v) is 14.4. The first-order chi connectivity index (χ1) is 28.1. The van der Waals surface area contributed by atoms with Gasteiger partial charge in [0.2, 0.25) is 0 Å². The Labute approximate surface area is 327 Å². The molecule has 0 saturated heterocycles. The first kappa shape index (κ1) is 32.8. The number of fused-ring (bicyclic) bond motifs is 7. The van der Waals surface area contributed by atoms with Gasteiger partial charge in [0.25, 0.3) is 0 Å². The van der Waals surface area contributed by atoms with Crippen LogP contribution in [0.4, 0.5) is 0 Å². The molecule has 6 nitrogen and oxygen atoms in total. The van der Waals surface area contributed by atoms with Gasteiger partial charge in [0.1, 0.15) is 33.7 Å². The molecule has 0 amide bonds. The molecule has 0 aliphatic heterocycles. The average Bonchev–Trinajstić information content (AvgIpc) is 3.94. The first-order valence-electron chi connectivity index (χ1n) is 19.0. The molecule has 6 heteroatoms. The zero-order valence-electron chi connectivity index (χ0n) is 31.2. The van der Waals surface area contributed by atoms with E-state index in [0.717, 1.165) is 105 Å². The number of allylic oxidation sites excluding steroid dienone is 1. The Morgan fingerprint density at radius 2 is 1.04 bits per heavy atom. The minimum atomic E-state index is 0.551. The summed E-state index contributed by atoms with van der Waals surface area (Å²) in [4.78, 5) is 15.4. The number of hydrogen-bond acceptors (Lipinski definition) is 6. The number of nitrogens with zero attached hydrogens (tertiary/aromatic N) is 3. The van der Waals surface area contributed by atoms with Crippen LogP contribution in [-0.2, 0) is 0 Å². The predicted molar refractivity (Wildman–Crippen MR) is 231 cm³/mol. The van der Waals surface area contributed by atoms with Gasteiger partial charge in [0, 0.05) is 49.2 Å². The fourth-order valence-electron chi connectivity index (χ4n) is 8.23. The fourth-order valence-corrected chi connectivity index (χ4v) is 8.23. The van der Waals surface area contributed by atoms with Crippen molar-refractivity contribution < 1.29 is 13.3 Å². The SMILES string of the molecule is C/C(=C\c1c(C)oc2cccc(-c3nc(-c4ccccc4)nc(-c4ccc5c(c4)oc4ccccc45)n3)c12)c1c(-c2ccccc2)ccc2oc3ccccc3c12. The highest BCUT2D eigenvalue weighted by atomic mass is 16.3. The van der Waals surface area contributed by atoms with Crippen LogP contribution in [0.5, 0.6) is 0 Å². The largest absolute Gasteiger partial charge is 0.461 e. The lowest BCUT2D eigenvalue weighted by Gasteiger charge is -2.13. The summed E-state index contributed by atoms with van der Waals surface area (Å²) in [7, 11) is 0. The van der Waals surface area contributed by atoms with E-state index >= 15 is 0 Å². The van der Waals surface area contributed by atoms with Gasteiger partial charge < -0.3 is 13.3 Å². The zero-order chi connectivity index (χ0) is 38.0. The minimum absolute atomic E-state index is 0.551. The predicted octanol–water partition coefficient (Wildman–Crippen LogP) is 14.0. The molecule has 7 aromatic carbocycles. The molecule has 4 heterocycles. The van der Waals surface area contributed by atoms with Crippen molar-refractivity contribution in [3.05, 3.63) is 175 Å². The van der Waals surface area contributed by atoms with Crippen LogP contribution in [0.1, 0.15) is 23.8 Å². The third-order valence-electron chi connectivity index (χ3n) is 10.9. The summed E-state index contributed by atoms with van der Waals surface area (Å²) < 4.78 is 19.2. The summed E-state index contributed by atoms with van der Waals surface area (Å²) >= 11 is 0. The molecule has 0 unspecified atom stereocenters. The van der Waals surface area contributed by atoms with Crippen LogP contribution in [0.2, 0.25) is 0 Å². The molecule has 0 bridgehead atoms. The number of furan rings is 3. The number of rotatable bonds is 6. The van der Waals surface area contributed by atoms with Crippen LogP contribution in [-0.4, -0.2) is 15.0 Å². The van der Waals surface area contributed by atoms with Crippen molar-refractivity contribution in [2.45, 2.75) is 13.8 Å². The number of para-hydroxylation sites is 2. The van der Waals surface area contributed by atoms with Crippen LogP contribution in [0.15, 0.2) is 171 Å². The molecule has 0 saturated carbocycles. The molecule has 0 radical (unpaired) electrons. The summed E-state index contributed by atoms with van der Waals surface area (Å²) in [5, 5.41) is 5.22.